The number of anilines is 2. The smallest absolute Gasteiger partial charge is 0.203 e. The van der Waals surface area contributed by atoms with Crippen LogP contribution >= 0.6 is 0 Å². The Balaban J connectivity index is 1.61. The van der Waals surface area contributed by atoms with Gasteiger partial charge in [-0.2, -0.15) is 0 Å². The first-order valence-corrected chi connectivity index (χ1v) is 11.5. The summed E-state index contributed by atoms with van der Waals surface area (Å²) >= 11 is 0. The van der Waals surface area contributed by atoms with Gasteiger partial charge < -0.3 is 24.8 Å². The van der Waals surface area contributed by atoms with Crippen molar-refractivity contribution in [2.24, 2.45) is 0 Å². The highest BCUT2D eigenvalue weighted by molar-refractivity contribution is 6.01. The summed E-state index contributed by atoms with van der Waals surface area (Å²) in [4.78, 5) is 13.7. The van der Waals surface area contributed by atoms with E-state index in [4.69, 9.17) is 14.2 Å². The molecule has 0 bridgehead atoms. The van der Waals surface area contributed by atoms with Crippen LogP contribution in [-0.2, 0) is 4.79 Å². The van der Waals surface area contributed by atoms with Crippen molar-refractivity contribution < 1.29 is 23.4 Å². The Bertz CT molecular complexity index is 1290. The van der Waals surface area contributed by atoms with E-state index in [0.717, 1.165) is 22.6 Å². The molecule has 2 N–H and O–H groups in total. The van der Waals surface area contributed by atoms with Crippen LogP contribution in [0.25, 0.3) is 0 Å². The molecule has 1 aliphatic heterocycles. The van der Waals surface area contributed by atoms with Gasteiger partial charge in [0.05, 0.1) is 38.7 Å². The zero-order valence-corrected chi connectivity index (χ0v) is 19.9. The van der Waals surface area contributed by atoms with Gasteiger partial charge in [0.25, 0.3) is 0 Å². The number of carbonyl (C=O) groups excluding carboxylic acids is 1. The molecule has 2 aliphatic rings. The number of methoxy groups -OCH3 is 3. The van der Waals surface area contributed by atoms with Gasteiger partial charge in [-0.05, 0) is 48.2 Å². The highest BCUT2D eigenvalue weighted by atomic mass is 19.1. The molecule has 5 rings (SSSR count). The minimum Gasteiger partial charge on any atom is -0.493 e. The van der Waals surface area contributed by atoms with Gasteiger partial charge in [-0.25, -0.2) is 4.39 Å². The molecule has 0 fully saturated rings. The van der Waals surface area contributed by atoms with Crippen molar-refractivity contribution >= 4 is 17.2 Å². The van der Waals surface area contributed by atoms with Gasteiger partial charge in [-0.1, -0.05) is 30.3 Å². The largest absolute Gasteiger partial charge is 0.493 e. The van der Waals surface area contributed by atoms with Gasteiger partial charge in [0.2, 0.25) is 5.75 Å². The molecule has 0 saturated heterocycles. The lowest BCUT2D eigenvalue weighted by Crippen LogP contribution is -2.27. The summed E-state index contributed by atoms with van der Waals surface area (Å²) in [7, 11) is 4.70. The summed E-state index contributed by atoms with van der Waals surface area (Å²) in [5, 5.41) is 6.89. The average Bonchev–Trinajstić information content (AvgIpc) is 3.04. The van der Waals surface area contributed by atoms with Crippen LogP contribution in [0.2, 0.25) is 0 Å². The van der Waals surface area contributed by atoms with Crippen LogP contribution in [0.1, 0.15) is 35.9 Å². The molecule has 0 aromatic heterocycles. The Morgan fingerprint density at radius 2 is 1.51 bits per heavy atom. The van der Waals surface area contributed by atoms with Crippen molar-refractivity contribution in [2.45, 2.75) is 24.8 Å². The predicted octanol–water partition coefficient (Wildman–Crippen LogP) is 5.83. The van der Waals surface area contributed by atoms with Gasteiger partial charge in [0.15, 0.2) is 17.3 Å². The van der Waals surface area contributed by atoms with Gasteiger partial charge in [-0.15, -0.1) is 0 Å². The number of ether oxygens (including phenoxy) is 3. The highest BCUT2D eigenvalue weighted by Crippen LogP contribution is 2.47. The number of nitrogens with one attached hydrogen (secondary N) is 2. The lowest BCUT2D eigenvalue weighted by atomic mass is 9.78. The first-order valence-electron chi connectivity index (χ1n) is 11.5. The van der Waals surface area contributed by atoms with Gasteiger partial charge >= 0.3 is 0 Å². The molecule has 0 unspecified atom stereocenters. The third kappa shape index (κ3) is 4.07. The van der Waals surface area contributed by atoms with Crippen molar-refractivity contribution in [3.05, 3.63) is 88.9 Å². The zero-order valence-electron chi connectivity index (χ0n) is 19.9. The van der Waals surface area contributed by atoms with Crippen molar-refractivity contribution in [3.8, 4) is 17.2 Å². The van der Waals surface area contributed by atoms with Crippen LogP contribution in [0.5, 0.6) is 17.2 Å². The fourth-order valence-electron chi connectivity index (χ4n) is 5.01. The maximum atomic E-state index is 14.9. The lowest BCUT2D eigenvalue weighted by molar-refractivity contribution is -0.116. The molecule has 6 nitrogen and oxygen atoms in total. The number of benzene rings is 3. The number of carbonyl (C=O) groups is 1. The van der Waals surface area contributed by atoms with E-state index in [2.05, 4.69) is 10.6 Å². The maximum Gasteiger partial charge on any atom is 0.203 e. The van der Waals surface area contributed by atoms with Crippen LogP contribution in [0.15, 0.2) is 71.9 Å². The predicted molar refractivity (Wildman–Crippen MR) is 133 cm³/mol. The Labute approximate surface area is 203 Å². The van der Waals surface area contributed by atoms with E-state index in [1.165, 1.54) is 6.07 Å². The standard InChI is InChI=1S/C28H27FN2O4/c1-33-24-14-17(15-25(34-2)28(24)35-3)16-12-22-26(23(32)13-16)27(18-8-4-5-9-19(18)29)31-21-11-7-6-10-20(21)30-22/h4-11,14-16,27,30-31H,12-13H2,1-3H3/t16-,27+/m0/s1. The molecule has 0 spiro atoms. The number of ketones is 1. The molecular weight excluding hydrogens is 447 g/mol. The topological polar surface area (TPSA) is 68.8 Å². The third-order valence-electron chi connectivity index (χ3n) is 6.68. The molecule has 0 radical (unpaired) electrons. The van der Waals surface area contributed by atoms with Gasteiger partial charge in [0.1, 0.15) is 5.82 Å². The number of hydrogen-bond acceptors (Lipinski definition) is 6. The first-order chi connectivity index (χ1) is 17.0. The summed E-state index contributed by atoms with van der Waals surface area (Å²) in [5.41, 5.74) is 4.36. The molecule has 180 valence electrons. The number of fused-ring (bicyclic) bond motifs is 1. The van der Waals surface area contributed by atoms with Crippen LogP contribution in [0.3, 0.4) is 0 Å². The minimum atomic E-state index is -0.601. The molecule has 2 atom stereocenters. The van der Waals surface area contributed by atoms with Crippen molar-refractivity contribution in [1.29, 1.82) is 0 Å². The lowest BCUT2D eigenvalue weighted by Gasteiger charge is -2.30. The number of para-hydroxylation sites is 2. The molecule has 0 amide bonds. The second-order valence-corrected chi connectivity index (χ2v) is 8.65. The van der Waals surface area contributed by atoms with E-state index in [1.54, 1.807) is 39.5 Å². The molecule has 0 saturated carbocycles. The van der Waals surface area contributed by atoms with Crippen molar-refractivity contribution in [2.75, 3.05) is 32.0 Å². The van der Waals surface area contributed by atoms with E-state index in [-0.39, 0.29) is 23.9 Å². The summed E-state index contributed by atoms with van der Waals surface area (Å²) in [6.07, 6.45) is 0.850. The van der Waals surface area contributed by atoms with E-state index in [1.807, 2.05) is 36.4 Å². The van der Waals surface area contributed by atoms with Crippen LogP contribution in [0, 0.1) is 5.82 Å². The Morgan fingerprint density at radius 1 is 0.857 bits per heavy atom. The van der Waals surface area contributed by atoms with Crippen LogP contribution in [-0.4, -0.2) is 27.1 Å². The van der Waals surface area contributed by atoms with Gasteiger partial charge in [0, 0.05) is 23.3 Å². The average molecular weight is 475 g/mol. The third-order valence-corrected chi connectivity index (χ3v) is 6.68. The molecule has 1 heterocycles. The summed E-state index contributed by atoms with van der Waals surface area (Å²) < 4.78 is 31.4. The molecular formula is C28H27FN2O4. The number of rotatable bonds is 5. The Kier molecular flexibility index (Phi) is 6.07. The van der Waals surface area contributed by atoms with Crippen molar-refractivity contribution in [3.63, 3.8) is 0 Å². The number of hydrogen-bond donors (Lipinski definition) is 2. The zero-order chi connectivity index (χ0) is 24.5. The number of halogens is 1. The summed E-state index contributed by atoms with van der Waals surface area (Å²) in [6.45, 7) is 0. The highest BCUT2D eigenvalue weighted by Gasteiger charge is 2.37. The fraction of sp³-hybridized carbons (Fsp3) is 0.250. The Morgan fingerprint density at radius 3 is 2.17 bits per heavy atom. The first kappa shape index (κ1) is 22.8. The van der Waals surface area contributed by atoms with E-state index in [9.17, 15) is 9.18 Å². The molecule has 35 heavy (non-hydrogen) atoms. The number of allylic oxidation sites excluding steroid dienone is 1. The molecule has 3 aromatic carbocycles. The minimum absolute atomic E-state index is 0.0361. The quantitative estimate of drug-likeness (QED) is 0.485. The van der Waals surface area contributed by atoms with E-state index in [0.29, 0.717) is 34.8 Å². The normalized spacial score (nSPS) is 19.0. The molecule has 7 heteroatoms. The maximum absolute atomic E-state index is 14.9. The summed E-state index contributed by atoms with van der Waals surface area (Å²) in [5.74, 6) is 1.08. The fourth-order valence-corrected chi connectivity index (χ4v) is 5.01. The summed E-state index contributed by atoms with van der Waals surface area (Å²) in [6, 6.07) is 17.5. The monoisotopic (exact) mass is 474 g/mol. The van der Waals surface area contributed by atoms with E-state index < -0.39 is 6.04 Å². The molecule has 3 aromatic rings. The Hall–Kier alpha value is -4.00. The number of Topliss-reactive ketones (excluding diaryl/α,β-unsaturated/α-hetero) is 1. The van der Waals surface area contributed by atoms with Crippen molar-refractivity contribution in [1.82, 2.24) is 0 Å². The second kappa shape index (κ2) is 9.33. The SMILES string of the molecule is COc1cc([C@@H]2CC(=O)C3=C(C2)Nc2ccccc2N[C@@H]3c2ccccc2F)cc(OC)c1OC. The molecule has 1 aliphatic carbocycles. The van der Waals surface area contributed by atoms with Crippen LogP contribution < -0.4 is 24.8 Å². The van der Waals surface area contributed by atoms with Crippen LogP contribution in [0.4, 0.5) is 15.8 Å². The second-order valence-electron chi connectivity index (χ2n) is 8.65. The van der Waals surface area contributed by atoms with Gasteiger partial charge in [-0.3, -0.25) is 4.79 Å². The van der Waals surface area contributed by atoms with E-state index >= 15 is 0 Å².